The number of carbonyl (C=O) groups excluding carboxylic acids is 1. The first-order chi connectivity index (χ1) is 12.2. The summed E-state index contributed by atoms with van der Waals surface area (Å²) in [6, 6.07) is 8.80. The first-order valence-corrected chi connectivity index (χ1v) is 9.82. The Bertz CT molecular complexity index is 949. The van der Waals surface area contributed by atoms with Crippen LogP contribution in [0.4, 0.5) is 10.1 Å². The molecule has 0 saturated carbocycles. The number of amides is 1. The Morgan fingerprint density at radius 3 is 2.38 bits per heavy atom. The smallest absolute Gasteiger partial charge is 0.241 e. The maximum Gasteiger partial charge on any atom is 0.241 e. The summed E-state index contributed by atoms with van der Waals surface area (Å²) in [7, 11) is -3.76. The van der Waals surface area contributed by atoms with Crippen LogP contribution in [0.15, 0.2) is 41.3 Å². The van der Waals surface area contributed by atoms with Gasteiger partial charge in [0.25, 0.3) is 0 Å². The van der Waals surface area contributed by atoms with Gasteiger partial charge in [-0.05, 0) is 50.1 Å². The minimum absolute atomic E-state index is 0.0414. The van der Waals surface area contributed by atoms with Crippen molar-refractivity contribution in [2.24, 2.45) is 0 Å². The lowest BCUT2D eigenvalue weighted by atomic mass is 10.1. The molecule has 1 atom stereocenters. The van der Waals surface area contributed by atoms with Crippen molar-refractivity contribution >= 4 is 21.6 Å². The summed E-state index contributed by atoms with van der Waals surface area (Å²) in [6.45, 7) is 5.60. The maximum atomic E-state index is 13.4. The van der Waals surface area contributed by atoms with E-state index < -0.39 is 21.9 Å². The highest BCUT2D eigenvalue weighted by atomic mass is 32.2. The van der Waals surface area contributed by atoms with Gasteiger partial charge in [0.1, 0.15) is 5.82 Å². The number of aryl methyl sites for hydroxylation is 3. The fourth-order valence-electron chi connectivity index (χ4n) is 3.55. The Labute approximate surface area is 152 Å². The van der Waals surface area contributed by atoms with E-state index in [4.69, 9.17) is 0 Å². The van der Waals surface area contributed by atoms with Crippen molar-refractivity contribution in [2.45, 2.75) is 38.1 Å². The topological polar surface area (TPSA) is 66.5 Å². The SMILES string of the molecule is Cc1cc(C)c(S(=O)(=O)NC2CC(=O)N(c3cccc(F)c3)C2)c(C)c1. The Kier molecular flexibility index (Phi) is 4.86. The van der Waals surface area contributed by atoms with Crippen molar-refractivity contribution < 1.29 is 17.6 Å². The number of benzene rings is 2. The molecule has 26 heavy (non-hydrogen) atoms. The van der Waals surface area contributed by atoms with Gasteiger partial charge in [0.15, 0.2) is 0 Å². The second-order valence-corrected chi connectivity index (χ2v) is 8.39. The highest BCUT2D eigenvalue weighted by molar-refractivity contribution is 7.89. The van der Waals surface area contributed by atoms with Crippen LogP contribution in [0, 0.1) is 26.6 Å². The van der Waals surface area contributed by atoms with Gasteiger partial charge in [0.2, 0.25) is 15.9 Å². The van der Waals surface area contributed by atoms with Crippen LogP contribution in [0.1, 0.15) is 23.1 Å². The zero-order valence-corrected chi connectivity index (χ0v) is 15.7. The molecule has 3 rings (SSSR count). The molecule has 0 spiro atoms. The van der Waals surface area contributed by atoms with Gasteiger partial charge in [-0.15, -0.1) is 0 Å². The molecule has 1 aliphatic rings. The third kappa shape index (κ3) is 3.64. The van der Waals surface area contributed by atoms with Crippen molar-refractivity contribution in [1.29, 1.82) is 0 Å². The minimum Gasteiger partial charge on any atom is -0.311 e. The number of rotatable bonds is 4. The number of nitrogens with zero attached hydrogens (tertiary/aromatic N) is 1. The summed E-state index contributed by atoms with van der Waals surface area (Å²) in [5.41, 5.74) is 2.76. The number of nitrogens with one attached hydrogen (secondary N) is 1. The number of halogens is 1. The fraction of sp³-hybridized carbons (Fsp3) is 0.316. The van der Waals surface area contributed by atoms with Gasteiger partial charge in [-0.3, -0.25) is 4.79 Å². The molecule has 2 aromatic rings. The van der Waals surface area contributed by atoms with Gasteiger partial charge < -0.3 is 4.90 Å². The van der Waals surface area contributed by atoms with E-state index in [-0.39, 0.29) is 23.8 Å². The highest BCUT2D eigenvalue weighted by Crippen LogP contribution is 2.25. The van der Waals surface area contributed by atoms with Crippen LogP contribution in [-0.2, 0) is 14.8 Å². The molecule has 5 nitrogen and oxygen atoms in total. The number of hydrogen-bond donors (Lipinski definition) is 1. The molecule has 1 fully saturated rings. The molecule has 2 aromatic carbocycles. The summed E-state index contributed by atoms with van der Waals surface area (Å²) in [5, 5.41) is 0. The van der Waals surface area contributed by atoms with E-state index in [0.29, 0.717) is 16.8 Å². The second kappa shape index (κ2) is 6.81. The number of sulfonamides is 1. The van der Waals surface area contributed by atoms with Crippen LogP contribution in [0.2, 0.25) is 0 Å². The Balaban J connectivity index is 1.83. The largest absolute Gasteiger partial charge is 0.311 e. The molecule has 0 aromatic heterocycles. The van der Waals surface area contributed by atoms with Crippen molar-refractivity contribution in [1.82, 2.24) is 4.72 Å². The highest BCUT2D eigenvalue weighted by Gasteiger charge is 2.34. The van der Waals surface area contributed by atoms with Gasteiger partial charge in [-0.1, -0.05) is 23.8 Å². The van der Waals surface area contributed by atoms with Crippen LogP contribution in [0.3, 0.4) is 0 Å². The summed E-state index contributed by atoms with van der Waals surface area (Å²) < 4.78 is 41.7. The van der Waals surface area contributed by atoms with Crippen LogP contribution >= 0.6 is 0 Å². The van der Waals surface area contributed by atoms with Gasteiger partial charge in [-0.25, -0.2) is 17.5 Å². The zero-order valence-electron chi connectivity index (χ0n) is 14.9. The first-order valence-electron chi connectivity index (χ1n) is 8.33. The Hall–Kier alpha value is -2.25. The summed E-state index contributed by atoms with van der Waals surface area (Å²) >= 11 is 0. The first kappa shape index (κ1) is 18.5. The van der Waals surface area contributed by atoms with E-state index in [2.05, 4.69) is 4.72 Å². The van der Waals surface area contributed by atoms with Gasteiger partial charge >= 0.3 is 0 Å². The summed E-state index contributed by atoms with van der Waals surface area (Å²) in [5.74, 6) is -0.675. The predicted octanol–water partition coefficient (Wildman–Crippen LogP) is 2.83. The van der Waals surface area contributed by atoms with E-state index in [0.717, 1.165) is 5.56 Å². The molecular weight excluding hydrogens is 355 g/mol. The monoisotopic (exact) mass is 376 g/mol. The number of carbonyl (C=O) groups is 1. The van der Waals surface area contributed by atoms with Gasteiger partial charge in [-0.2, -0.15) is 0 Å². The third-order valence-electron chi connectivity index (χ3n) is 4.44. The van der Waals surface area contributed by atoms with E-state index in [1.165, 1.54) is 23.1 Å². The zero-order chi connectivity index (χ0) is 19.1. The molecule has 0 aliphatic carbocycles. The average molecular weight is 376 g/mol. The molecular formula is C19H21FN2O3S. The lowest BCUT2D eigenvalue weighted by Gasteiger charge is -2.18. The van der Waals surface area contributed by atoms with Crippen LogP contribution in [0.5, 0.6) is 0 Å². The summed E-state index contributed by atoms with van der Waals surface area (Å²) in [4.78, 5) is 13.9. The van der Waals surface area contributed by atoms with Gasteiger partial charge in [0, 0.05) is 24.7 Å². The molecule has 1 unspecified atom stereocenters. The minimum atomic E-state index is -3.76. The Morgan fingerprint density at radius 1 is 1.12 bits per heavy atom. The predicted molar refractivity (Wildman–Crippen MR) is 98.1 cm³/mol. The van der Waals surface area contributed by atoms with Crippen LogP contribution in [-0.4, -0.2) is 26.9 Å². The lowest BCUT2D eigenvalue weighted by Crippen LogP contribution is -2.37. The Morgan fingerprint density at radius 2 is 1.77 bits per heavy atom. The molecule has 0 radical (unpaired) electrons. The molecule has 1 aliphatic heterocycles. The number of hydrogen-bond acceptors (Lipinski definition) is 3. The molecule has 1 amide bonds. The van der Waals surface area contributed by atoms with E-state index in [1.54, 1.807) is 19.9 Å². The quantitative estimate of drug-likeness (QED) is 0.892. The van der Waals surface area contributed by atoms with Crippen molar-refractivity contribution in [2.75, 3.05) is 11.4 Å². The van der Waals surface area contributed by atoms with E-state index in [9.17, 15) is 17.6 Å². The van der Waals surface area contributed by atoms with Crippen molar-refractivity contribution in [3.05, 3.63) is 58.9 Å². The third-order valence-corrected chi connectivity index (χ3v) is 6.27. The van der Waals surface area contributed by atoms with Crippen molar-refractivity contribution in [3.63, 3.8) is 0 Å². The molecule has 1 saturated heterocycles. The van der Waals surface area contributed by atoms with Crippen LogP contribution < -0.4 is 9.62 Å². The molecule has 138 valence electrons. The maximum absolute atomic E-state index is 13.4. The van der Waals surface area contributed by atoms with E-state index >= 15 is 0 Å². The lowest BCUT2D eigenvalue weighted by molar-refractivity contribution is -0.117. The van der Waals surface area contributed by atoms with Gasteiger partial charge in [0.05, 0.1) is 4.90 Å². The fourth-order valence-corrected chi connectivity index (χ4v) is 5.23. The summed E-state index contributed by atoms with van der Waals surface area (Å²) in [6.07, 6.45) is 0.0414. The molecule has 1 heterocycles. The van der Waals surface area contributed by atoms with Crippen LogP contribution in [0.25, 0.3) is 0 Å². The average Bonchev–Trinajstić information content (AvgIpc) is 2.85. The number of anilines is 1. The van der Waals surface area contributed by atoms with Crippen molar-refractivity contribution in [3.8, 4) is 0 Å². The normalized spacial score (nSPS) is 17.8. The molecule has 1 N–H and O–H groups in total. The van der Waals surface area contributed by atoms with E-state index in [1.807, 2.05) is 19.1 Å². The molecule has 0 bridgehead atoms. The standard InChI is InChI=1S/C19H21FN2O3S/c1-12-7-13(2)19(14(3)8-12)26(24,25)21-16-10-18(23)22(11-16)17-6-4-5-15(20)9-17/h4-9,16,21H,10-11H2,1-3H3. The second-order valence-electron chi connectivity index (χ2n) is 6.73. The molecule has 7 heteroatoms.